The zero-order valence-electron chi connectivity index (χ0n) is 16.2. The molecule has 0 radical (unpaired) electrons. The minimum absolute atomic E-state index is 0.0366. The van der Waals surface area contributed by atoms with Gasteiger partial charge in [-0.1, -0.05) is 12.1 Å². The predicted octanol–water partition coefficient (Wildman–Crippen LogP) is 3.35. The summed E-state index contributed by atoms with van der Waals surface area (Å²) in [6.07, 6.45) is 0.724. The third-order valence-electron chi connectivity index (χ3n) is 3.48. The summed E-state index contributed by atoms with van der Waals surface area (Å²) in [5.41, 5.74) is 0.316. The van der Waals surface area contributed by atoms with Gasteiger partial charge >= 0.3 is 6.09 Å². The van der Waals surface area contributed by atoms with E-state index in [0.717, 1.165) is 10.4 Å². The molecule has 1 atom stereocenters. The fraction of sp³-hybridized carbons (Fsp3) is 0.421. The SMILES string of the molecule is CO[C@H](CNC(=O)OC(C)(C)C)C(=O)Nc1ncc(Cc2ccc(F)cc2)s1. The van der Waals surface area contributed by atoms with Crippen molar-refractivity contribution in [1.82, 2.24) is 10.3 Å². The molecular formula is C19H24FN3O4S. The van der Waals surface area contributed by atoms with Crippen LogP contribution in [0.15, 0.2) is 30.5 Å². The summed E-state index contributed by atoms with van der Waals surface area (Å²) < 4.78 is 23.2. The molecule has 0 saturated heterocycles. The van der Waals surface area contributed by atoms with E-state index in [-0.39, 0.29) is 12.4 Å². The van der Waals surface area contributed by atoms with Gasteiger partial charge in [0.25, 0.3) is 5.91 Å². The Bertz CT molecular complexity index is 802. The summed E-state index contributed by atoms with van der Waals surface area (Å²) in [6, 6.07) is 6.22. The van der Waals surface area contributed by atoms with Crippen molar-refractivity contribution in [1.29, 1.82) is 0 Å². The maximum Gasteiger partial charge on any atom is 0.407 e. The van der Waals surface area contributed by atoms with Crippen molar-refractivity contribution < 1.29 is 23.5 Å². The molecule has 1 aromatic heterocycles. The molecule has 0 bridgehead atoms. The number of halogens is 1. The number of rotatable bonds is 7. The Morgan fingerprint density at radius 3 is 2.54 bits per heavy atom. The molecule has 152 valence electrons. The van der Waals surface area contributed by atoms with Gasteiger partial charge < -0.3 is 14.8 Å². The molecule has 0 aliphatic rings. The highest BCUT2D eigenvalue weighted by Gasteiger charge is 2.22. The van der Waals surface area contributed by atoms with Crippen LogP contribution in [0.5, 0.6) is 0 Å². The highest BCUT2D eigenvalue weighted by atomic mass is 32.1. The molecule has 1 heterocycles. The highest BCUT2D eigenvalue weighted by Crippen LogP contribution is 2.21. The molecule has 2 amide bonds. The van der Waals surface area contributed by atoms with Crippen molar-refractivity contribution in [3.8, 4) is 0 Å². The van der Waals surface area contributed by atoms with Crippen molar-refractivity contribution in [2.24, 2.45) is 0 Å². The smallest absolute Gasteiger partial charge is 0.407 e. The maximum absolute atomic E-state index is 13.0. The quantitative estimate of drug-likeness (QED) is 0.732. The van der Waals surface area contributed by atoms with Gasteiger partial charge in [-0.05, 0) is 38.5 Å². The molecule has 2 N–H and O–H groups in total. The first-order chi connectivity index (χ1) is 13.2. The molecule has 2 rings (SSSR count). The Morgan fingerprint density at radius 2 is 1.93 bits per heavy atom. The number of benzene rings is 1. The zero-order valence-corrected chi connectivity index (χ0v) is 17.1. The first-order valence-electron chi connectivity index (χ1n) is 8.66. The molecule has 0 unspecified atom stereocenters. The highest BCUT2D eigenvalue weighted by molar-refractivity contribution is 7.15. The molecule has 9 heteroatoms. The lowest BCUT2D eigenvalue weighted by molar-refractivity contribution is -0.125. The van der Waals surface area contributed by atoms with E-state index in [4.69, 9.17) is 9.47 Å². The third kappa shape index (κ3) is 7.24. The van der Waals surface area contributed by atoms with Gasteiger partial charge in [0.2, 0.25) is 0 Å². The van der Waals surface area contributed by atoms with Gasteiger partial charge in [0.05, 0.1) is 6.54 Å². The summed E-state index contributed by atoms with van der Waals surface area (Å²) in [5, 5.41) is 5.59. The lowest BCUT2D eigenvalue weighted by Gasteiger charge is -2.21. The number of carbonyl (C=O) groups is 2. The van der Waals surface area contributed by atoms with Crippen LogP contribution in [0.1, 0.15) is 31.2 Å². The van der Waals surface area contributed by atoms with Crippen LogP contribution in [0.25, 0.3) is 0 Å². The summed E-state index contributed by atoms with van der Waals surface area (Å²) in [7, 11) is 1.38. The fourth-order valence-electron chi connectivity index (χ4n) is 2.21. The monoisotopic (exact) mass is 409 g/mol. The first kappa shape index (κ1) is 21.8. The lowest BCUT2D eigenvalue weighted by Crippen LogP contribution is -2.42. The van der Waals surface area contributed by atoms with Crippen LogP contribution in [0.2, 0.25) is 0 Å². The van der Waals surface area contributed by atoms with Crippen LogP contribution in [-0.4, -0.2) is 42.3 Å². The fourth-order valence-corrected chi connectivity index (χ4v) is 3.06. The number of amides is 2. The molecule has 28 heavy (non-hydrogen) atoms. The van der Waals surface area contributed by atoms with Crippen molar-refractivity contribution >= 4 is 28.5 Å². The van der Waals surface area contributed by atoms with Gasteiger partial charge in [0.15, 0.2) is 11.2 Å². The minimum atomic E-state index is -0.892. The van der Waals surface area contributed by atoms with Crippen molar-refractivity contribution in [2.45, 2.75) is 38.9 Å². The second kappa shape index (κ2) is 9.61. The van der Waals surface area contributed by atoms with E-state index in [1.165, 1.54) is 30.6 Å². The number of hydrogen-bond donors (Lipinski definition) is 2. The second-order valence-electron chi connectivity index (χ2n) is 7.03. The van der Waals surface area contributed by atoms with Gasteiger partial charge in [-0.2, -0.15) is 0 Å². The Morgan fingerprint density at radius 1 is 1.25 bits per heavy atom. The van der Waals surface area contributed by atoms with E-state index in [2.05, 4.69) is 15.6 Å². The average Bonchev–Trinajstić information content (AvgIpc) is 3.03. The van der Waals surface area contributed by atoms with Gasteiger partial charge in [-0.3, -0.25) is 10.1 Å². The van der Waals surface area contributed by atoms with Crippen LogP contribution in [0.4, 0.5) is 14.3 Å². The van der Waals surface area contributed by atoms with Gasteiger partial charge in [0.1, 0.15) is 11.4 Å². The molecular weight excluding hydrogens is 385 g/mol. The van der Waals surface area contributed by atoms with E-state index in [1.54, 1.807) is 39.1 Å². The predicted molar refractivity (Wildman–Crippen MR) is 105 cm³/mol. The van der Waals surface area contributed by atoms with Gasteiger partial charge in [0, 0.05) is 24.6 Å². The maximum atomic E-state index is 13.0. The first-order valence-corrected chi connectivity index (χ1v) is 9.47. The number of aromatic nitrogens is 1. The third-order valence-corrected chi connectivity index (χ3v) is 4.40. The van der Waals surface area contributed by atoms with E-state index in [0.29, 0.717) is 11.6 Å². The van der Waals surface area contributed by atoms with E-state index in [9.17, 15) is 14.0 Å². The summed E-state index contributed by atoms with van der Waals surface area (Å²) >= 11 is 1.32. The Hall–Kier alpha value is -2.52. The number of carbonyl (C=O) groups excluding carboxylic acids is 2. The number of alkyl carbamates (subject to hydrolysis) is 1. The number of ether oxygens (including phenoxy) is 2. The molecule has 1 aromatic carbocycles. The number of thiazole rings is 1. The van der Waals surface area contributed by atoms with Crippen LogP contribution < -0.4 is 10.6 Å². The van der Waals surface area contributed by atoms with E-state index >= 15 is 0 Å². The van der Waals surface area contributed by atoms with Crippen molar-refractivity contribution in [3.63, 3.8) is 0 Å². The molecule has 2 aromatic rings. The molecule has 7 nitrogen and oxygen atoms in total. The second-order valence-corrected chi connectivity index (χ2v) is 8.15. The molecule has 0 saturated carbocycles. The Kier molecular flexibility index (Phi) is 7.47. The zero-order chi connectivity index (χ0) is 20.7. The minimum Gasteiger partial charge on any atom is -0.444 e. The van der Waals surface area contributed by atoms with Crippen LogP contribution in [-0.2, 0) is 20.7 Å². The van der Waals surface area contributed by atoms with E-state index < -0.39 is 23.7 Å². The van der Waals surface area contributed by atoms with Gasteiger partial charge in [-0.15, -0.1) is 11.3 Å². The average molecular weight is 409 g/mol. The van der Waals surface area contributed by atoms with E-state index in [1.807, 2.05) is 0 Å². The summed E-state index contributed by atoms with van der Waals surface area (Å²) in [6.45, 7) is 5.21. The van der Waals surface area contributed by atoms with Crippen molar-refractivity contribution in [3.05, 3.63) is 46.7 Å². The normalized spacial score (nSPS) is 12.3. The van der Waals surface area contributed by atoms with Crippen LogP contribution >= 0.6 is 11.3 Å². The Labute approximate surface area is 167 Å². The van der Waals surface area contributed by atoms with Crippen LogP contribution in [0.3, 0.4) is 0 Å². The largest absolute Gasteiger partial charge is 0.444 e. The van der Waals surface area contributed by atoms with Crippen molar-refractivity contribution in [2.75, 3.05) is 19.0 Å². The molecule has 0 spiro atoms. The molecule has 0 aliphatic heterocycles. The number of nitrogens with zero attached hydrogens (tertiary/aromatic N) is 1. The number of anilines is 1. The molecule has 0 aliphatic carbocycles. The number of hydrogen-bond acceptors (Lipinski definition) is 6. The summed E-state index contributed by atoms with van der Waals surface area (Å²) in [5.74, 6) is -0.715. The lowest BCUT2D eigenvalue weighted by atomic mass is 10.1. The summed E-state index contributed by atoms with van der Waals surface area (Å²) in [4.78, 5) is 29.1. The molecule has 0 fully saturated rings. The van der Waals surface area contributed by atoms with Crippen LogP contribution in [0, 0.1) is 5.82 Å². The topological polar surface area (TPSA) is 89.5 Å². The number of nitrogens with one attached hydrogen (secondary N) is 2. The Balaban J connectivity index is 1.87. The number of methoxy groups -OCH3 is 1. The van der Waals surface area contributed by atoms with Gasteiger partial charge in [-0.25, -0.2) is 14.2 Å². The standard InChI is InChI=1S/C19H24FN3O4S/c1-19(2,3)27-18(25)22-11-15(26-4)16(24)23-17-21-10-14(28-17)9-12-5-7-13(20)8-6-12/h5-8,10,15H,9,11H2,1-4H3,(H,22,25)(H,21,23,24)/t15-/m1/s1.